The third-order valence-corrected chi connectivity index (χ3v) is 6.43. The van der Waals surface area contributed by atoms with E-state index in [1.165, 1.54) is 12.6 Å². The summed E-state index contributed by atoms with van der Waals surface area (Å²) in [5.74, 6) is -0.407. The van der Waals surface area contributed by atoms with Crippen LogP contribution in [0, 0.1) is 0 Å². The molecule has 1 aromatic heterocycles. The lowest BCUT2D eigenvalue weighted by molar-refractivity contribution is -0.126. The lowest BCUT2D eigenvalue weighted by atomic mass is 9.94. The molecule has 3 aromatic rings. The molecule has 0 bridgehead atoms. The number of aromatic nitrogens is 2. The number of hydrogen-bond donors (Lipinski definition) is 1. The van der Waals surface area contributed by atoms with Gasteiger partial charge in [0.15, 0.2) is 5.69 Å². The van der Waals surface area contributed by atoms with Crippen LogP contribution in [0.25, 0.3) is 0 Å². The summed E-state index contributed by atoms with van der Waals surface area (Å²) >= 11 is 0.996. The molecule has 2 aromatic carbocycles. The lowest BCUT2D eigenvalue weighted by Crippen LogP contribution is -2.47. The van der Waals surface area contributed by atoms with Crippen LogP contribution in [0.3, 0.4) is 0 Å². The smallest absolute Gasteiger partial charge is 0.276 e. The van der Waals surface area contributed by atoms with Gasteiger partial charge < -0.3 is 10.2 Å². The van der Waals surface area contributed by atoms with Crippen LogP contribution in [0.5, 0.6) is 0 Å². The fraction of sp³-hybridized carbons (Fsp3) is 0.360. The molecular formula is C25H28N4O2S. The van der Waals surface area contributed by atoms with E-state index in [9.17, 15) is 9.59 Å². The van der Waals surface area contributed by atoms with Crippen LogP contribution >= 0.6 is 11.7 Å². The minimum atomic E-state index is -0.726. The molecule has 1 saturated carbocycles. The quantitative estimate of drug-likeness (QED) is 0.554. The van der Waals surface area contributed by atoms with Gasteiger partial charge in [-0.1, -0.05) is 79.9 Å². The standard InChI is InChI=1S/C25H28N4O2S/c30-24(27-21-14-8-3-9-15-21)23(20-12-6-2-7-13-20)29(25(31)22-18-26-32-28-22)17-16-19-10-4-1-5-11-19/h1-2,4-7,10-13,18,21,23H,3,8-9,14-17H2,(H,27,30)/t23-/m0/s1. The molecule has 1 N–H and O–H groups in total. The van der Waals surface area contributed by atoms with Crippen LogP contribution in [-0.2, 0) is 11.2 Å². The van der Waals surface area contributed by atoms with Gasteiger partial charge in [-0.25, -0.2) is 0 Å². The number of rotatable bonds is 8. The molecule has 4 rings (SSSR count). The molecule has 32 heavy (non-hydrogen) atoms. The van der Waals surface area contributed by atoms with E-state index >= 15 is 0 Å². The molecule has 0 radical (unpaired) electrons. The highest BCUT2D eigenvalue weighted by molar-refractivity contribution is 6.99. The van der Waals surface area contributed by atoms with E-state index in [2.05, 4.69) is 14.1 Å². The fourth-order valence-corrected chi connectivity index (χ4v) is 4.69. The monoisotopic (exact) mass is 448 g/mol. The van der Waals surface area contributed by atoms with Crippen LogP contribution in [0.4, 0.5) is 0 Å². The molecule has 166 valence electrons. The van der Waals surface area contributed by atoms with E-state index < -0.39 is 6.04 Å². The largest absolute Gasteiger partial charge is 0.351 e. The number of hydrogen-bond acceptors (Lipinski definition) is 5. The highest BCUT2D eigenvalue weighted by Crippen LogP contribution is 2.25. The van der Waals surface area contributed by atoms with Crippen molar-refractivity contribution in [2.75, 3.05) is 6.54 Å². The molecule has 1 aliphatic carbocycles. The average Bonchev–Trinajstić information content (AvgIpc) is 3.38. The molecule has 1 heterocycles. The minimum absolute atomic E-state index is 0.132. The van der Waals surface area contributed by atoms with Crippen molar-refractivity contribution in [1.29, 1.82) is 0 Å². The molecule has 0 saturated heterocycles. The number of nitrogens with one attached hydrogen (secondary N) is 1. The molecule has 1 atom stereocenters. The van der Waals surface area contributed by atoms with Crippen molar-refractivity contribution in [2.45, 2.75) is 50.6 Å². The maximum atomic E-state index is 13.6. The third-order valence-electron chi connectivity index (χ3n) is 5.95. The van der Waals surface area contributed by atoms with Crippen molar-refractivity contribution in [3.63, 3.8) is 0 Å². The first-order chi connectivity index (χ1) is 15.7. The zero-order chi connectivity index (χ0) is 22.2. The normalized spacial score (nSPS) is 15.1. The van der Waals surface area contributed by atoms with Crippen molar-refractivity contribution in [3.8, 4) is 0 Å². The number of amides is 2. The summed E-state index contributed by atoms with van der Waals surface area (Å²) in [4.78, 5) is 28.7. The lowest BCUT2D eigenvalue weighted by Gasteiger charge is -2.33. The molecule has 0 aliphatic heterocycles. The van der Waals surface area contributed by atoms with Gasteiger partial charge >= 0.3 is 0 Å². The summed E-state index contributed by atoms with van der Waals surface area (Å²) in [7, 11) is 0. The summed E-state index contributed by atoms with van der Waals surface area (Å²) in [6.07, 6.45) is 7.56. The number of benzene rings is 2. The first-order valence-corrected chi connectivity index (χ1v) is 11.9. The van der Waals surface area contributed by atoms with E-state index in [1.54, 1.807) is 4.90 Å². The zero-order valence-corrected chi connectivity index (χ0v) is 18.8. The van der Waals surface area contributed by atoms with E-state index in [4.69, 9.17) is 0 Å². The fourth-order valence-electron chi connectivity index (χ4n) is 4.28. The zero-order valence-electron chi connectivity index (χ0n) is 18.0. The molecular weight excluding hydrogens is 420 g/mol. The molecule has 0 unspecified atom stereocenters. The van der Waals surface area contributed by atoms with Gasteiger partial charge in [0.05, 0.1) is 17.9 Å². The van der Waals surface area contributed by atoms with Gasteiger partial charge in [0.1, 0.15) is 6.04 Å². The summed E-state index contributed by atoms with van der Waals surface area (Å²) < 4.78 is 8.15. The second-order valence-electron chi connectivity index (χ2n) is 8.18. The summed E-state index contributed by atoms with van der Waals surface area (Å²) in [6, 6.07) is 19.0. The molecule has 2 amide bonds. The van der Waals surface area contributed by atoms with Crippen molar-refractivity contribution in [1.82, 2.24) is 19.0 Å². The molecule has 7 heteroatoms. The van der Waals surface area contributed by atoms with Gasteiger partial charge in [0.25, 0.3) is 5.91 Å². The second-order valence-corrected chi connectivity index (χ2v) is 8.74. The number of carbonyl (C=O) groups excluding carboxylic acids is 2. The molecule has 6 nitrogen and oxygen atoms in total. The highest BCUT2D eigenvalue weighted by atomic mass is 32.1. The van der Waals surface area contributed by atoms with Crippen LogP contribution in [0.2, 0.25) is 0 Å². The van der Waals surface area contributed by atoms with Gasteiger partial charge in [-0.2, -0.15) is 8.75 Å². The highest BCUT2D eigenvalue weighted by Gasteiger charge is 2.34. The van der Waals surface area contributed by atoms with E-state index in [0.717, 1.165) is 48.5 Å². The summed E-state index contributed by atoms with van der Waals surface area (Å²) in [5.41, 5.74) is 2.18. The van der Waals surface area contributed by atoms with Crippen LogP contribution in [0.15, 0.2) is 66.9 Å². The predicted octanol–water partition coefficient (Wildman–Crippen LogP) is 4.41. The Morgan fingerprint density at radius 1 is 1.00 bits per heavy atom. The Bertz CT molecular complexity index is 989. The maximum absolute atomic E-state index is 13.6. The van der Waals surface area contributed by atoms with Gasteiger partial charge in [0.2, 0.25) is 5.91 Å². The second kappa shape index (κ2) is 11.0. The Morgan fingerprint density at radius 3 is 2.34 bits per heavy atom. The first-order valence-electron chi connectivity index (χ1n) is 11.2. The molecule has 1 fully saturated rings. The van der Waals surface area contributed by atoms with E-state index in [0.29, 0.717) is 13.0 Å². The van der Waals surface area contributed by atoms with Crippen molar-refractivity contribution in [3.05, 3.63) is 83.7 Å². The molecule has 1 aliphatic rings. The summed E-state index contributed by atoms with van der Waals surface area (Å²) in [6.45, 7) is 0.401. The van der Waals surface area contributed by atoms with E-state index in [1.807, 2.05) is 60.7 Å². The Kier molecular flexibility index (Phi) is 7.61. The Hall–Kier alpha value is -3.06. The SMILES string of the molecule is O=C(NC1CCCCC1)[C@H](c1ccccc1)N(CCc1ccccc1)C(=O)c1cnsn1. The minimum Gasteiger partial charge on any atom is -0.351 e. The first kappa shape index (κ1) is 22.1. The van der Waals surface area contributed by atoms with Crippen molar-refractivity contribution in [2.24, 2.45) is 0 Å². The topological polar surface area (TPSA) is 75.2 Å². The average molecular weight is 449 g/mol. The van der Waals surface area contributed by atoms with Crippen LogP contribution in [0.1, 0.15) is 59.8 Å². The number of nitrogens with zero attached hydrogens (tertiary/aromatic N) is 3. The van der Waals surface area contributed by atoms with Crippen LogP contribution < -0.4 is 5.32 Å². The Morgan fingerprint density at radius 2 is 1.69 bits per heavy atom. The Labute approximate surface area is 193 Å². The Balaban J connectivity index is 1.64. The molecule has 0 spiro atoms. The van der Waals surface area contributed by atoms with Gasteiger partial charge in [-0.05, 0) is 30.4 Å². The van der Waals surface area contributed by atoms with Crippen molar-refractivity contribution < 1.29 is 9.59 Å². The van der Waals surface area contributed by atoms with Gasteiger partial charge in [0, 0.05) is 12.6 Å². The van der Waals surface area contributed by atoms with E-state index in [-0.39, 0.29) is 23.6 Å². The van der Waals surface area contributed by atoms with Gasteiger partial charge in [-0.15, -0.1) is 0 Å². The number of carbonyl (C=O) groups is 2. The van der Waals surface area contributed by atoms with Crippen LogP contribution in [-0.4, -0.2) is 38.0 Å². The summed E-state index contributed by atoms with van der Waals surface area (Å²) in [5, 5.41) is 3.23. The van der Waals surface area contributed by atoms with Gasteiger partial charge in [-0.3, -0.25) is 9.59 Å². The third kappa shape index (κ3) is 5.59. The predicted molar refractivity (Wildman–Crippen MR) is 125 cm³/mol. The van der Waals surface area contributed by atoms with Crippen molar-refractivity contribution >= 4 is 23.5 Å². The maximum Gasteiger partial charge on any atom is 0.276 e.